The third-order valence-electron chi connectivity index (χ3n) is 6.18. The second kappa shape index (κ2) is 13.5. The molecule has 0 heterocycles. The predicted molar refractivity (Wildman–Crippen MR) is 153 cm³/mol. The first-order valence-corrected chi connectivity index (χ1v) is 12.6. The number of nitrogens with one attached hydrogen (secondary N) is 2. The van der Waals surface area contributed by atoms with Gasteiger partial charge in [0.25, 0.3) is 0 Å². The SMILES string of the molecule is COc1cc([C@H](Nc2ccc(C#N)cc2)C(=O)CNc2ccc(CC(=O)O)cc2)ccc1OCc1ccccc1. The van der Waals surface area contributed by atoms with E-state index >= 15 is 0 Å². The molecule has 1 atom stereocenters. The Morgan fingerprint density at radius 1 is 0.875 bits per heavy atom. The topological polar surface area (TPSA) is 121 Å². The molecule has 40 heavy (non-hydrogen) atoms. The maximum atomic E-state index is 13.5. The van der Waals surface area contributed by atoms with Crippen LogP contribution in [0, 0.1) is 11.3 Å². The van der Waals surface area contributed by atoms with Crippen LogP contribution in [0.2, 0.25) is 0 Å². The highest BCUT2D eigenvalue weighted by Crippen LogP contribution is 2.32. The number of carboxylic acid groups (broad SMARTS) is 1. The molecule has 4 aromatic rings. The second-order valence-electron chi connectivity index (χ2n) is 9.04. The van der Waals surface area contributed by atoms with E-state index in [4.69, 9.17) is 19.8 Å². The fourth-order valence-electron chi connectivity index (χ4n) is 4.08. The largest absolute Gasteiger partial charge is 0.493 e. The minimum absolute atomic E-state index is 0.0147. The summed E-state index contributed by atoms with van der Waals surface area (Å²) in [6, 6.07) is 30.3. The highest BCUT2D eigenvalue weighted by molar-refractivity contribution is 5.91. The number of aliphatic carboxylic acids is 1. The Morgan fingerprint density at radius 2 is 1.57 bits per heavy atom. The number of carbonyl (C=O) groups excluding carboxylic acids is 1. The number of hydrogen-bond donors (Lipinski definition) is 3. The number of Topliss-reactive ketones (excluding diaryl/α,β-unsaturated/α-hetero) is 1. The number of ketones is 1. The van der Waals surface area contributed by atoms with Gasteiger partial charge in [-0.2, -0.15) is 5.26 Å². The molecule has 202 valence electrons. The van der Waals surface area contributed by atoms with Crippen molar-refractivity contribution in [3.63, 3.8) is 0 Å². The van der Waals surface area contributed by atoms with Crippen molar-refractivity contribution in [3.05, 3.63) is 119 Å². The van der Waals surface area contributed by atoms with E-state index in [1.807, 2.05) is 36.4 Å². The second-order valence-corrected chi connectivity index (χ2v) is 9.04. The fourth-order valence-corrected chi connectivity index (χ4v) is 4.08. The highest BCUT2D eigenvalue weighted by atomic mass is 16.5. The number of methoxy groups -OCH3 is 1. The normalized spacial score (nSPS) is 11.1. The third kappa shape index (κ3) is 7.62. The lowest BCUT2D eigenvalue weighted by atomic mass is 10.0. The lowest BCUT2D eigenvalue weighted by molar-refractivity contribution is -0.136. The summed E-state index contributed by atoms with van der Waals surface area (Å²) in [6.45, 7) is 0.387. The summed E-state index contributed by atoms with van der Waals surface area (Å²) in [5, 5.41) is 24.5. The summed E-state index contributed by atoms with van der Waals surface area (Å²) >= 11 is 0. The van der Waals surface area contributed by atoms with Gasteiger partial charge in [0.2, 0.25) is 0 Å². The molecule has 0 saturated carbocycles. The van der Waals surface area contributed by atoms with Crippen LogP contribution in [0.25, 0.3) is 0 Å². The minimum atomic E-state index is -0.903. The van der Waals surface area contributed by atoms with E-state index in [1.54, 1.807) is 67.8 Å². The lowest BCUT2D eigenvalue weighted by Crippen LogP contribution is -2.27. The number of nitrogens with zero attached hydrogens (tertiary/aromatic N) is 1. The molecule has 8 nitrogen and oxygen atoms in total. The number of nitriles is 1. The van der Waals surface area contributed by atoms with Crippen LogP contribution in [0.4, 0.5) is 11.4 Å². The third-order valence-corrected chi connectivity index (χ3v) is 6.18. The molecule has 0 bridgehead atoms. The van der Waals surface area contributed by atoms with E-state index in [-0.39, 0.29) is 18.7 Å². The first-order valence-electron chi connectivity index (χ1n) is 12.6. The molecule has 0 aliphatic heterocycles. The van der Waals surface area contributed by atoms with Crippen molar-refractivity contribution in [2.75, 3.05) is 24.3 Å². The maximum absolute atomic E-state index is 13.5. The molecular formula is C32H29N3O5. The van der Waals surface area contributed by atoms with Crippen molar-refractivity contribution in [2.45, 2.75) is 19.1 Å². The van der Waals surface area contributed by atoms with E-state index in [1.165, 1.54) is 0 Å². The molecule has 0 aliphatic rings. The van der Waals surface area contributed by atoms with E-state index in [9.17, 15) is 9.59 Å². The minimum Gasteiger partial charge on any atom is -0.493 e. The van der Waals surface area contributed by atoms with Gasteiger partial charge in [-0.3, -0.25) is 9.59 Å². The number of carbonyl (C=O) groups is 2. The first kappa shape index (κ1) is 27.7. The summed E-state index contributed by atoms with van der Waals surface area (Å²) in [6.07, 6.45) is -0.0668. The van der Waals surface area contributed by atoms with Gasteiger partial charge in [0.05, 0.1) is 31.7 Å². The Labute approximate surface area is 232 Å². The average Bonchev–Trinajstić information content (AvgIpc) is 2.99. The van der Waals surface area contributed by atoms with Crippen molar-refractivity contribution in [1.82, 2.24) is 0 Å². The number of benzene rings is 4. The summed E-state index contributed by atoms with van der Waals surface area (Å²) in [5.74, 6) is 0.00702. The monoisotopic (exact) mass is 535 g/mol. The molecule has 8 heteroatoms. The van der Waals surface area contributed by atoms with Crippen LogP contribution in [0.1, 0.15) is 28.3 Å². The van der Waals surface area contributed by atoms with Gasteiger partial charge < -0.3 is 25.2 Å². The van der Waals surface area contributed by atoms with Crippen LogP contribution in [0.5, 0.6) is 11.5 Å². The van der Waals surface area contributed by atoms with Gasteiger partial charge in [-0.25, -0.2) is 0 Å². The summed E-state index contributed by atoms with van der Waals surface area (Å²) in [5.41, 5.74) is 4.26. The highest BCUT2D eigenvalue weighted by Gasteiger charge is 2.22. The summed E-state index contributed by atoms with van der Waals surface area (Å²) in [7, 11) is 1.55. The average molecular weight is 536 g/mol. The molecule has 0 fully saturated rings. The van der Waals surface area contributed by atoms with Gasteiger partial charge in [-0.1, -0.05) is 48.5 Å². The quantitative estimate of drug-likeness (QED) is 0.202. The standard InChI is InChI=1S/C32H29N3O5/c1-39-30-18-25(11-16-29(30)40-21-24-5-3-2-4-6-24)32(35-27-14-9-23(19-33)10-15-27)28(36)20-34-26-12-7-22(8-13-26)17-31(37)38/h2-16,18,32,34-35H,17,20-21H2,1H3,(H,37,38)/t32-/m0/s1. The number of anilines is 2. The molecule has 3 N–H and O–H groups in total. The van der Waals surface area contributed by atoms with E-state index in [0.29, 0.717) is 46.2 Å². The van der Waals surface area contributed by atoms with Crippen LogP contribution in [0.15, 0.2) is 97.1 Å². The predicted octanol–water partition coefficient (Wildman–Crippen LogP) is 5.61. The van der Waals surface area contributed by atoms with Gasteiger partial charge in [-0.05, 0) is 65.2 Å². The molecular weight excluding hydrogens is 506 g/mol. The van der Waals surface area contributed by atoms with Crippen molar-refractivity contribution in [2.24, 2.45) is 0 Å². The van der Waals surface area contributed by atoms with Gasteiger partial charge in [0.1, 0.15) is 12.6 Å². The molecule has 4 rings (SSSR count). The van der Waals surface area contributed by atoms with E-state index in [2.05, 4.69) is 16.7 Å². The Morgan fingerprint density at radius 3 is 2.23 bits per heavy atom. The van der Waals surface area contributed by atoms with E-state index < -0.39 is 12.0 Å². The smallest absolute Gasteiger partial charge is 0.307 e. The fraction of sp³-hybridized carbons (Fsp3) is 0.156. The maximum Gasteiger partial charge on any atom is 0.307 e. The summed E-state index contributed by atoms with van der Waals surface area (Å²) in [4.78, 5) is 24.5. The number of hydrogen-bond acceptors (Lipinski definition) is 7. The molecule has 0 aromatic heterocycles. The molecule has 0 unspecified atom stereocenters. The number of ether oxygens (including phenoxy) is 2. The molecule has 0 amide bonds. The van der Waals surface area contributed by atoms with Crippen LogP contribution in [0.3, 0.4) is 0 Å². The number of rotatable bonds is 13. The Balaban J connectivity index is 1.53. The molecule has 0 saturated heterocycles. The lowest BCUT2D eigenvalue weighted by Gasteiger charge is -2.21. The van der Waals surface area contributed by atoms with Crippen LogP contribution in [-0.4, -0.2) is 30.5 Å². The molecule has 0 spiro atoms. The van der Waals surface area contributed by atoms with Gasteiger partial charge >= 0.3 is 5.97 Å². The van der Waals surface area contributed by atoms with Gasteiger partial charge in [-0.15, -0.1) is 0 Å². The van der Waals surface area contributed by atoms with Crippen molar-refractivity contribution in [1.29, 1.82) is 5.26 Å². The number of carboxylic acids is 1. The van der Waals surface area contributed by atoms with Gasteiger partial charge in [0.15, 0.2) is 17.3 Å². The van der Waals surface area contributed by atoms with Crippen LogP contribution in [-0.2, 0) is 22.6 Å². The van der Waals surface area contributed by atoms with Gasteiger partial charge in [0, 0.05) is 11.4 Å². The van der Waals surface area contributed by atoms with Crippen LogP contribution >= 0.6 is 0 Å². The Hall–Kier alpha value is -5.29. The zero-order valence-electron chi connectivity index (χ0n) is 22.0. The van der Waals surface area contributed by atoms with Crippen molar-refractivity contribution < 1.29 is 24.2 Å². The Bertz CT molecular complexity index is 1480. The zero-order chi connectivity index (χ0) is 28.3. The van der Waals surface area contributed by atoms with Crippen molar-refractivity contribution >= 4 is 23.1 Å². The first-order chi connectivity index (χ1) is 19.4. The molecule has 0 radical (unpaired) electrons. The van der Waals surface area contributed by atoms with Crippen molar-refractivity contribution in [3.8, 4) is 17.6 Å². The summed E-state index contributed by atoms with van der Waals surface area (Å²) < 4.78 is 11.6. The Kier molecular flexibility index (Phi) is 9.35. The van der Waals surface area contributed by atoms with E-state index in [0.717, 1.165) is 5.56 Å². The molecule has 0 aliphatic carbocycles. The zero-order valence-corrected chi connectivity index (χ0v) is 22.0. The van der Waals surface area contributed by atoms with Crippen LogP contribution < -0.4 is 20.1 Å². The molecule has 4 aromatic carbocycles.